The summed E-state index contributed by atoms with van der Waals surface area (Å²) in [7, 11) is 2.21. The summed E-state index contributed by atoms with van der Waals surface area (Å²) in [6.45, 7) is 13.7. The molecule has 1 spiro atoms. The normalized spacial score (nSPS) is 20.5. The van der Waals surface area contributed by atoms with E-state index in [4.69, 9.17) is 14.7 Å². The number of carbonyl (C=O) groups excluding carboxylic acids is 1. The van der Waals surface area contributed by atoms with E-state index in [2.05, 4.69) is 65.7 Å². The van der Waals surface area contributed by atoms with Crippen molar-refractivity contribution in [3.8, 4) is 16.9 Å². The Balaban J connectivity index is 1.29. The van der Waals surface area contributed by atoms with Crippen molar-refractivity contribution in [1.29, 1.82) is 0 Å². The molecule has 1 aliphatic carbocycles. The molecule has 2 aromatic carbocycles. The number of carbonyl (C=O) groups is 1. The van der Waals surface area contributed by atoms with E-state index >= 15 is 0 Å². The molecule has 8 rings (SSSR count). The lowest BCUT2D eigenvalue weighted by molar-refractivity contribution is -0.139. The Labute approximate surface area is 277 Å². The number of aromatic nitrogens is 4. The standard InChI is InChI=1S/C38H47N7O2/c1-5-25-20-28-34(35(47-27-8-7-9-27)33(25)32-24(3)10-11-30-29(32)21-39-42-30)40-36(26-12-16-43(4)17-13-26)41-37(28)44-18-14-38(15-19-44)22-45(23-38)31(46)6-2/h6,10-11,20-21,26-27H,2,5,7-9,12-19,22-23H2,1,3-4H3,(H,39,42). The Kier molecular flexibility index (Phi) is 7.70. The Hall–Kier alpha value is -3.98. The van der Waals surface area contributed by atoms with E-state index in [9.17, 15) is 4.79 Å². The smallest absolute Gasteiger partial charge is 0.245 e. The first kappa shape index (κ1) is 30.4. The van der Waals surface area contributed by atoms with Gasteiger partial charge in [-0.25, -0.2) is 9.97 Å². The van der Waals surface area contributed by atoms with E-state index in [1.54, 1.807) is 0 Å². The van der Waals surface area contributed by atoms with Crippen LogP contribution in [0.25, 0.3) is 32.9 Å². The summed E-state index contributed by atoms with van der Waals surface area (Å²) in [5.41, 5.74) is 7.01. The van der Waals surface area contributed by atoms with Gasteiger partial charge in [-0.05, 0) is 113 Å². The van der Waals surface area contributed by atoms with E-state index < -0.39 is 0 Å². The maximum atomic E-state index is 12.2. The average Bonchev–Trinajstić information content (AvgIpc) is 3.53. The number of hydrogen-bond acceptors (Lipinski definition) is 7. The molecule has 1 saturated carbocycles. The fourth-order valence-electron chi connectivity index (χ4n) is 8.32. The minimum absolute atomic E-state index is 0.0471. The number of ether oxygens (including phenoxy) is 1. The first-order valence-corrected chi connectivity index (χ1v) is 17.7. The van der Waals surface area contributed by atoms with E-state index in [1.165, 1.54) is 29.2 Å². The summed E-state index contributed by atoms with van der Waals surface area (Å²) in [6.07, 6.45) is 12.0. The summed E-state index contributed by atoms with van der Waals surface area (Å²) < 4.78 is 7.09. The van der Waals surface area contributed by atoms with Crippen molar-refractivity contribution >= 4 is 33.5 Å². The first-order chi connectivity index (χ1) is 22.9. The fraction of sp³-hybridized carbons (Fsp3) is 0.526. The maximum absolute atomic E-state index is 12.2. The zero-order valence-corrected chi connectivity index (χ0v) is 28.1. The molecule has 9 heteroatoms. The molecule has 4 aliphatic rings. The van der Waals surface area contributed by atoms with Gasteiger partial charge in [-0.15, -0.1) is 0 Å². The number of nitrogens with one attached hydrogen (secondary N) is 1. The Morgan fingerprint density at radius 1 is 1.06 bits per heavy atom. The Morgan fingerprint density at radius 3 is 2.51 bits per heavy atom. The van der Waals surface area contributed by atoms with Crippen LogP contribution in [0.4, 0.5) is 5.82 Å². The number of amides is 1. The van der Waals surface area contributed by atoms with Crippen LogP contribution in [-0.4, -0.2) is 88.3 Å². The maximum Gasteiger partial charge on any atom is 0.245 e. The van der Waals surface area contributed by atoms with Crippen LogP contribution in [0.15, 0.2) is 37.1 Å². The van der Waals surface area contributed by atoms with Gasteiger partial charge in [0.1, 0.15) is 17.2 Å². The topological polar surface area (TPSA) is 90.5 Å². The van der Waals surface area contributed by atoms with E-state index in [1.807, 2.05) is 11.1 Å². The molecule has 4 fully saturated rings. The molecule has 1 amide bonds. The van der Waals surface area contributed by atoms with Gasteiger partial charge in [0.05, 0.1) is 17.8 Å². The van der Waals surface area contributed by atoms with E-state index in [0.29, 0.717) is 5.92 Å². The SMILES string of the molecule is C=CC(=O)N1CC2(CCN(c3nc(C4CCN(C)CC4)nc4c(OC5CCC5)c(-c5c(C)ccc6[nH]ncc56)c(CC)cc34)CC2)C1. The molecule has 246 valence electrons. The Morgan fingerprint density at radius 2 is 1.83 bits per heavy atom. The number of rotatable bonds is 7. The van der Waals surface area contributed by atoms with Crippen molar-refractivity contribution in [2.45, 2.75) is 77.2 Å². The molecule has 9 nitrogen and oxygen atoms in total. The van der Waals surface area contributed by atoms with Crippen molar-refractivity contribution in [2.75, 3.05) is 51.2 Å². The number of fused-ring (bicyclic) bond motifs is 2. The van der Waals surface area contributed by atoms with Gasteiger partial charge in [-0.3, -0.25) is 9.89 Å². The number of anilines is 1. The highest BCUT2D eigenvalue weighted by molar-refractivity contribution is 6.05. The first-order valence-electron chi connectivity index (χ1n) is 17.7. The van der Waals surface area contributed by atoms with Crippen LogP contribution in [0.2, 0.25) is 0 Å². The molecular weight excluding hydrogens is 586 g/mol. The van der Waals surface area contributed by atoms with Crippen molar-refractivity contribution < 1.29 is 9.53 Å². The highest BCUT2D eigenvalue weighted by Crippen LogP contribution is 2.48. The lowest BCUT2D eigenvalue weighted by Crippen LogP contribution is -2.61. The predicted molar refractivity (Wildman–Crippen MR) is 187 cm³/mol. The number of nitrogens with zero attached hydrogens (tertiary/aromatic N) is 6. The van der Waals surface area contributed by atoms with Gasteiger partial charge in [-0.1, -0.05) is 19.6 Å². The van der Waals surface area contributed by atoms with Gasteiger partial charge >= 0.3 is 0 Å². The number of hydrogen-bond donors (Lipinski definition) is 1. The largest absolute Gasteiger partial charge is 0.487 e. The minimum Gasteiger partial charge on any atom is -0.487 e. The van der Waals surface area contributed by atoms with Crippen LogP contribution in [0.5, 0.6) is 5.75 Å². The zero-order chi connectivity index (χ0) is 32.3. The third kappa shape index (κ3) is 5.27. The molecule has 3 aliphatic heterocycles. The fourth-order valence-corrected chi connectivity index (χ4v) is 8.32. The number of aromatic amines is 1. The number of piperidine rings is 2. The zero-order valence-electron chi connectivity index (χ0n) is 28.1. The number of H-pyrrole nitrogens is 1. The van der Waals surface area contributed by atoms with Crippen molar-refractivity contribution in [1.82, 2.24) is 30.0 Å². The number of aryl methyl sites for hydroxylation is 2. The highest BCUT2D eigenvalue weighted by atomic mass is 16.5. The second-order valence-electron chi connectivity index (χ2n) is 14.6. The second kappa shape index (κ2) is 11.9. The second-order valence-corrected chi connectivity index (χ2v) is 14.6. The van der Waals surface area contributed by atoms with Crippen LogP contribution in [0.1, 0.15) is 74.7 Å². The Bertz CT molecular complexity index is 1840. The molecule has 2 aromatic heterocycles. The summed E-state index contributed by atoms with van der Waals surface area (Å²) in [5, 5.41) is 9.85. The van der Waals surface area contributed by atoms with Crippen LogP contribution < -0.4 is 9.64 Å². The molecule has 0 radical (unpaired) electrons. The highest BCUT2D eigenvalue weighted by Gasteiger charge is 2.46. The molecule has 0 unspecified atom stereocenters. The summed E-state index contributed by atoms with van der Waals surface area (Å²) in [6, 6.07) is 6.68. The third-order valence-electron chi connectivity index (χ3n) is 11.6. The molecule has 0 bridgehead atoms. The molecule has 0 atom stereocenters. The van der Waals surface area contributed by atoms with Crippen LogP contribution in [0, 0.1) is 12.3 Å². The van der Waals surface area contributed by atoms with Gasteiger partial charge in [0.25, 0.3) is 0 Å². The number of likely N-dealkylation sites (tertiary alicyclic amines) is 2. The van der Waals surface area contributed by atoms with Gasteiger partial charge in [-0.2, -0.15) is 5.10 Å². The third-order valence-corrected chi connectivity index (χ3v) is 11.6. The van der Waals surface area contributed by atoms with Gasteiger partial charge in [0.15, 0.2) is 5.75 Å². The van der Waals surface area contributed by atoms with Gasteiger partial charge in [0, 0.05) is 53.8 Å². The van der Waals surface area contributed by atoms with Crippen LogP contribution in [0.3, 0.4) is 0 Å². The average molecular weight is 634 g/mol. The van der Waals surface area contributed by atoms with Crippen molar-refractivity contribution in [3.05, 3.63) is 54.0 Å². The monoisotopic (exact) mass is 633 g/mol. The molecule has 3 saturated heterocycles. The van der Waals surface area contributed by atoms with Gasteiger partial charge in [0.2, 0.25) is 5.91 Å². The van der Waals surface area contributed by atoms with Crippen molar-refractivity contribution in [3.63, 3.8) is 0 Å². The van der Waals surface area contributed by atoms with Crippen LogP contribution >= 0.6 is 0 Å². The molecule has 47 heavy (non-hydrogen) atoms. The quantitative estimate of drug-likeness (QED) is 0.236. The van der Waals surface area contributed by atoms with Gasteiger partial charge < -0.3 is 19.4 Å². The lowest BCUT2D eigenvalue weighted by Gasteiger charge is -2.54. The molecule has 1 N–H and O–H groups in total. The summed E-state index contributed by atoms with van der Waals surface area (Å²) in [5.74, 6) is 3.30. The lowest BCUT2D eigenvalue weighted by atomic mass is 9.72. The predicted octanol–water partition coefficient (Wildman–Crippen LogP) is 6.40. The molecule has 4 aromatic rings. The van der Waals surface area contributed by atoms with E-state index in [0.717, 1.165) is 129 Å². The minimum atomic E-state index is 0.0471. The molecule has 5 heterocycles. The molecular formula is C38H47N7O2. The summed E-state index contributed by atoms with van der Waals surface area (Å²) in [4.78, 5) is 30.0. The summed E-state index contributed by atoms with van der Waals surface area (Å²) >= 11 is 0. The number of benzene rings is 2. The van der Waals surface area contributed by atoms with Crippen molar-refractivity contribution in [2.24, 2.45) is 5.41 Å². The van der Waals surface area contributed by atoms with E-state index in [-0.39, 0.29) is 17.4 Å². The van der Waals surface area contributed by atoms with Crippen LogP contribution in [-0.2, 0) is 11.2 Å².